The number of rotatable bonds is 1. The Hall–Kier alpha value is -1.18. The Bertz CT molecular complexity index is 437. The van der Waals surface area contributed by atoms with Gasteiger partial charge >= 0.3 is 0 Å². The number of nitrogens with zero attached hydrogens (tertiary/aromatic N) is 1. The summed E-state index contributed by atoms with van der Waals surface area (Å²) < 4.78 is 0. The standard InChI is InChI=1S/C16H23NO/c1-12-16(13(2)18)14-9-7-5-3-4-6-8-10-15(11-14)17-12/h11H,3-10H2,1-2H3. The molecule has 1 aromatic heterocycles. The van der Waals surface area contributed by atoms with Gasteiger partial charge in [-0.15, -0.1) is 0 Å². The molecule has 0 saturated carbocycles. The second-order valence-electron chi connectivity index (χ2n) is 5.41. The van der Waals surface area contributed by atoms with E-state index in [0.717, 1.165) is 24.1 Å². The van der Waals surface area contributed by atoms with Crippen LogP contribution in [0, 0.1) is 6.92 Å². The van der Waals surface area contributed by atoms with Crippen LogP contribution in [0.4, 0.5) is 0 Å². The lowest BCUT2D eigenvalue weighted by Crippen LogP contribution is -2.07. The van der Waals surface area contributed by atoms with E-state index in [0.29, 0.717) is 0 Å². The van der Waals surface area contributed by atoms with Gasteiger partial charge in [0.1, 0.15) is 0 Å². The Kier molecular flexibility index (Phi) is 4.51. The SMILES string of the molecule is CC(=O)c1c2cc(nc1C)CCCCCCCC2. The summed E-state index contributed by atoms with van der Waals surface area (Å²) >= 11 is 0. The minimum Gasteiger partial charge on any atom is -0.294 e. The van der Waals surface area contributed by atoms with Crippen molar-refractivity contribution >= 4 is 5.78 Å². The number of aromatic nitrogens is 1. The van der Waals surface area contributed by atoms with Gasteiger partial charge in [-0.05, 0) is 51.2 Å². The first kappa shape index (κ1) is 13.3. The molecule has 0 aliphatic heterocycles. The molecule has 0 unspecified atom stereocenters. The Morgan fingerprint density at radius 2 is 1.67 bits per heavy atom. The second-order valence-corrected chi connectivity index (χ2v) is 5.41. The zero-order valence-electron chi connectivity index (χ0n) is 11.6. The van der Waals surface area contributed by atoms with Crippen LogP contribution in [-0.2, 0) is 12.8 Å². The summed E-state index contributed by atoms with van der Waals surface area (Å²) in [7, 11) is 0. The summed E-state index contributed by atoms with van der Waals surface area (Å²) in [5.74, 6) is 0.163. The molecule has 0 spiro atoms. The van der Waals surface area contributed by atoms with Crippen molar-refractivity contribution in [1.82, 2.24) is 4.98 Å². The number of ketones is 1. The van der Waals surface area contributed by atoms with Gasteiger partial charge in [0, 0.05) is 17.0 Å². The highest BCUT2D eigenvalue weighted by molar-refractivity contribution is 5.96. The second kappa shape index (κ2) is 6.12. The van der Waals surface area contributed by atoms with Crippen molar-refractivity contribution < 1.29 is 4.79 Å². The average molecular weight is 245 g/mol. The van der Waals surface area contributed by atoms with Crippen molar-refractivity contribution in [2.24, 2.45) is 0 Å². The third-order valence-corrected chi connectivity index (χ3v) is 3.82. The fourth-order valence-electron chi connectivity index (χ4n) is 2.94. The number of fused-ring (bicyclic) bond motifs is 2. The monoisotopic (exact) mass is 245 g/mol. The molecule has 2 heteroatoms. The van der Waals surface area contributed by atoms with Gasteiger partial charge in [-0.25, -0.2) is 0 Å². The minimum atomic E-state index is 0.163. The predicted octanol–water partition coefficient (Wildman–Crippen LogP) is 4.03. The molecule has 1 aliphatic rings. The molecule has 0 radical (unpaired) electrons. The lowest BCUT2D eigenvalue weighted by molar-refractivity contribution is 0.101. The molecular formula is C16H23NO. The molecule has 0 saturated heterocycles. The predicted molar refractivity (Wildman–Crippen MR) is 74.1 cm³/mol. The lowest BCUT2D eigenvalue weighted by Gasteiger charge is -2.12. The largest absolute Gasteiger partial charge is 0.294 e. The van der Waals surface area contributed by atoms with Gasteiger partial charge in [-0.1, -0.05) is 25.7 Å². The van der Waals surface area contributed by atoms with Crippen LogP contribution in [0.3, 0.4) is 0 Å². The van der Waals surface area contributed by atoms with Crippen molar-refractivity contribution in [1.29, 1.82) is 0 Å². The summed E-state index contributed by atoms with van der Waals surface area (Å²) in [6.07, 6.45) is 9.79. The summed E-state index contributed by atoms with van der Waals surface area (Å²) in [4.78, 5) is 16.4. The maximum atomic E-state index is 11.8. The van der Waals surface area contributed by atoms with E-state index in [9.17, 15) is 4.79 Å². The fraction of sp³-hybridized carbons (Fsp3) is 0.625. The fourth-order valence-corrected chi connectivity index (χ4v) is 2.94. The van der Waals surface area contributed by atoms with E-state index in [1.54, 1.807) is 6.92 Å². The van der Waals surface area contributed by atoms with Crippen LogP contribution >= 0.6 is 0 Å². The number of hydrogen-bond acceptors (Lipinski definition) is 2. The number of hydrogen-bond donors (Lipinski definition) is 0. The van der Waals surface area contributed by atoms with Gasteiger partial charge in [0.15, 0.2) is 5.78 Å². The number of aryl methyl sites for hydroxylation is 3. The summed E-state index contributed by atoms with van der Waals surface area (Å²) in [5, 5.41) is 0. The third kappa shape index (κ3) is 3.18. The van der Waals surface area contributed by atoms with Crippen molar-refractivity contribution in [2.45, 2.75) is 65.2 Å². The molecule has 0 aromatic carbocycles. The van der Waals surface area contributed by atoms with Gasteiger partial charge < -0.3 is 0 Å². The molecular weight excluding hydrogens is 222 g/mol. The maximum absolute atomic E-state index is 11.8. The first-order valence-corrected chi connectivity index (χ1v) is 7.19. The zero-order valence-corrected chi connectivity index (χ0v) is 11.6. The topological polar surface area (TPSA) is 30.0 Å². The Balaban J connectivity index is 2.34. The zero-order chi connectivity index (χ0) is 13.0. The molecule has 98 valence electrons. The van der Waals surface area contributed by atoms with Gasteiger partial charge in [-0.2, -0.15) is 0 Å². The average Bonchev–Trinajstić information content (AvgIpc) is 2.34. The van der Waals surface area contributed by atoms with E-state index in [4.69, 9.17) is 0 Å². The number of carbonyl (C=O) groups excluding carboxylic acids is 1. The van der Waals surface area contributed by atoms with Crippen LogP contribution in [-0.4, -0.2) is 10.8 Å². The van der Waals surface area contributed by atoms with Gasteiger partial charge in [0.25, 0.3) is 0 Å². The molecule has 0 amide bonds. The Labute approximate surface area is 110 Å². The molecule has 0 atom stereocenters. The molecule has 1 aromatic rings. The highest BCUT2D eigenvalue weighted by Gasteiger charge is 2.14. The normalized spacial score (nSPS) is 17.0. The van der Waals surface area contributed by atoms with Crippen molar-refractivity contribution in [3.05, 3.63) is 28.6 Å². The van der Waals surface area contributed by atoms with Crippen LogP contribution in [0.2, 0.25) is 0 Å². The number of carbonyl (C=O) groups is 1. The van der Waals surface area contributed by atoms with Crippen LogP contribution in [0.25, 0.3) is 0 Å². The lowest BCUT2D eigenvalue weighted by atomic mass is 9.97. The minimum absolute atomic E-state index is 0.163. The molecule has 0 fully saturated rings. The third-order valence-electron chi connectivity index (χ3n) is 3.82. The summed E-state index contributed by atoms with van der Waals surface area (Å²) in [6, 6.07) is 2.18. The van der Waals surface area contributed by atoms with Crippen LogP contribution in [0.1, 0.15) is 72.8 Å². The first-order valence-electron chi connectivity index (χ1n) is 7.19. The molecule has 0 N–H and O–H groups in total. The number of pyridine rings is 1. The molecule has 2 nitrogen and oxygen atoms in total. The molecule has 1 aliphatic carbocycles. The highest BCUT2D eigenvalue weighted by atomic mass is 16.1. The van der Waals surface area contributed by atoms with Crippen LogP contribution < -0.4 is 0 Å². The van der Waals surface area contributed by atoms with Gasteiger partial charge in [0.2, 0.25) is 0 Å². The van der Waals surface area contributed by atoms with Gasteiger partial charge in [-0.3, -0.25) is 9.78 Å². The summed E-state index contributed by atoms with van der Waals surface area (Å²) in [6.45, 7) is 3.63. The Morgan fingerprint density at radius 3 is 2.33 bits per heavy atom. The van der Waals surface area contributed by atoms with E-state index in [-0.39, 0.29) is 5.78 Å². The molecule has 2 rings (SSSR count). The van der Waals surface area contributed by atoms with E-state index >= 15 is 0 Å². The molecule has 18 heavy (non-hydrogen) atoms. The molecule has 2 bridgehead atoms. The van der Waals surface area contributed by atoms with E-state index in [1.807, 2.05) is 6.92 Å². The van der Waals surface area contributed by atoms with E-state index in [2.05, 4.69) is 11.1 Å². The van der Waals surface area contributed by atoms with Crippen molar-refractivity contribution in [3.8, 4) is 0 Å². The number of Topliss-reactive ketones (excluding diaryl/α,β-unsaturated/α-hetero) is 1. The molecule has 1 heterocycles. The van der Waals surface area contributed by atoms with Crippen LogP contribution in [0.15, 0.2) is 6.07 Å². The van der Waals surface area contributed by atoms with E-state index < -0.39 is 0 Å². The first-order chi connectivity index (χ1) is 8.68. The van der Waals surface area contributed by atoms with Crippen LogP contribution in [0.5, 0.6) is 0 Å². The smallest absolute Gasteiger partial charge is 0.161 e. The van der Waals surface area contributed by atoms with E-state index in [1.165, 1.54) is 49.8 Å². The highest BCUT2D eigenvalue weighted by Crippen LogP contribution is 2.21. The summed E-state index contributed by atoms with van der Waals surface area (Å²) in [5.41, 5.74) is 4.20. The van der Waals surface area contributed by atoms with Gasteiger partial charge in [0.05, 0.1) is 0 Å². The quantitative estimate of drug-likeness (QED) is 0.699. The Morgan fingerprint density at radius 1 is 1.06 bits per heavy atom. The maximum Gasteiger partial charge on any atom is 0.161 e. The van der Waals surface area contributed by atoms with Crippen molar-refractivity contribution in [2.75, 3.05) is 0 Å². The van der Waals surface area contributed by atoms with Crippen molar-refractivity contribution in [3.63, 3.8) is 0 Å².